The van der Waals surface area contributed by atoms with Gasteiger partial charge in [-0.1, -0.05) is 44.7 Å². The lowest BCUT2D eigenvalue weighted by Gasteiger charge is -2.11. The van der Waals surface area contributed by atoms with Gasteiger partial charge in [-0.05, 0) is 48.7 Å². The van der Waals surface area contributed by atoms with E-state index >= 15 is 0 Å². The van der Waals surface area contributed by atoms with E-state index in [-0.39, 0.29) is 10.6 Å². The largest absolute Gasteiger partial charge is 0.504 e. The monoisotopic (exact) mass is 364 g/mol. The fraction of sp³-hybridized carbons (Fsp3) is 0.368. The Balaban J connectivity index is 2.03. The summed E-state index contributed by atoms with van der Waals surface area (Å²) in [7, 11) is -4.23. The van der Waals surface area contributed by atoms with Gasteiger partial charge in [-0.3, -0.25) is 4.55 Å². The smallest absolute Gasteiger partial charge is 0.294 e. The topological polar surface area (TPSA) is 83.8 Å². The second kappa shape index (κ2) is 8.87. The Morgan fingerprint density at radius 3 is 2.28 bits per heavy atom. The van der Waals surface area contributed by atoms with Crippen LogP contribution in [0.4, 0.5) is 0 Å². The van der Waals surface area contributed by atoms with Gasteiger partial charge in [0.1, 0.15) is 5.75 Å². The summed E-state index contributed by atoms with van der Waals surface area (Å²) in [4.78, 5) is -0.204. The molecular formula is C19H24O5S. The lowest BCUT2D eigenvalue weighted by molar-refractivity contribution is 0.405. The average molecular weight is 364 g/mol. The van der Waals surface area contributed by atoms with Gasteiger partial charge in [0.2, 0.25) is 0 Å². The first-order valence-corrected chi connectivity index (χ1v) is 9.92. The third kappa shape index (κ3) is 5.76. The molecule has 0 aliphatic carbocycles. The van der Waals surface area contributed by atoms with Crippen molar-refractivity contribution in [2.24, 2.45) is 0 Å². The van der Waals surface area contributed by atoms with Crippen LogP contribution in [0.1, 0.15) is 44.6 Å². The van der Waals surface area contributed by atoms with Crippen molar-refractivity contribution in [1.29, 1.82) is 0 Å². The number of para-hydroxylation sites is 1. The summed E-state index contributed by atoms with van der Waals surface area (Å²) < 4.78 is 36.7. The Hall–Kier alpha value is -2.05. The molecule has 0 radical (unpaired) electrons. The van der Waals surface area contributed by atoms with Crippen molar-refractivity contribution < 1.29 is 22.8 Å². The first-order valence-electron chi connectivity index (χ1n) is 8.48. The number of hydrogen-bond acceptors (Lipinski definition) is 4. The molecule has 136 valence electrons. The van der Waals surface area contributed by atoms with E-state index in [1.807, 2.05) is 12.1 Å². The molecule has 2 aromatic carbocycles. The van der Waals surface area contributed by atoms with E-state index in [2.05, 4.69) is 6.92 Å². The van der Waals surface area contributed by atoms with Crippen LogP contribution in [0.3, 0.4) is 0 Å². The molecule has 0 bridgehead atoms. The Morgan fingerprint density at radius 1 is 0.960 bits per heavy atom. The molecule has 6 heteroatoms. The van der Waals surface area contributed by atoms with Crippen LogP contribution in [0.25, 0.3) is 0 Å². The second-order valence-corrected chi connectivity index (χ2v) is 7.40. The summed E-state index contributed by atoms with van der Waals surface area (Å²) in [6.07, 6.45) is 6.57. The zero-order valence-electron chi connectivity index (χ0n) is 14.3. The summed E-state index contributed by atoms with van der Waals surface area (Å²) in [5.74, 6) is 0.810. The molecule has 2 aromatic rings. The molecule has 5 nitrogen and oxygen atoms in total. The van der Waals surface area contributed by atoms with Crippen LogP contribution in [-0.4, -0.2) is 18.1 Å². The quantitative estimate of drug-likeness (QED) is 0.486. The molecule has 25 heavy (non-hydrogen) atoms. The molecule has 0 atom stereocenters. The van der Waals surface area contributed by atoms with Gasteiger partial charge in [0.25, 0.3) is 10.1 Å². The fourth-order valence-corrected chi connectivity index (χ4v) is 3.06. The molecule has 0 aliphatic heterocycles. The van der Waals surface area contributed by atoms with E-state index in [0.717, 1.165) is 24.8 Å². The Labute approximate surface area is 149 Å². The van der Waals surface area contributed by atoms with Gasteiger partial charge < -0.3 is 9.84 Å². The number of ether oxygens (including phenoxy) is 1. The summed E-state index contributed by atoms with van der Waals surface area (Å²) >= 11 is 0. The van der Waals surface area contributed by atoms with E-state index in [0.29, 0.717) is 11.5 Å². The lowest BCUT2D eigenvalue weighted by Crippen LogP contribution is -1.97. The molecular weight excluding hydrogens is 340 g/mol. The van der Waals surface area contributed by atoms with Crippen molar-refractivity contribution in [2.75, 3.05) is 0 Å². The van der Waals surface area contributed by atoms with Crippen LogP contribution >= 0.6 is 0 Å². The van der Waals surface area contributed by atoms with Gasteiger partial charge in [-0.15, -0.1) is 0 Å². The number of rotatable bonds is 9. The first kappa shape index (κ1) is 19.3. The highest BCUT2D eigenvalue weighted by Gasteiger charge is 2.11. The van der Waals surface area contributed by atoms with Crippen molar-refractivity contribution in [3.8, 4) is 17.2 Å². The highest BCUT2D eigenvalue weighted by atomic mass is 32.2. The minimum Gasteiger partial charge on any atom is -0.504 e. The van der Waals surface area contributed by atoms with Crippen LogP contribution in [0, 0.1) is 0 Å². The zero-order chi connectivity index (χ0) is 18.3. The van der Waals surface area contributed by atoms with Crippen molar-refractivity contribution in [3.05, 3.63) is 48.0 Å². The molecule has 0 fully saturated rings. The standard InChI is InChI=1S/C19H24O5S/c1-2-3-4-5-6-8-15-9-7-10-18(19(15)20)24-16-11-13-17(14-12-16)25(21,22)23/h7,9-14,20H,2-6,8H2,1H3,(H,21,22,23). The van der Waals surface area contributed by atoms with Crippen LogP contribution in [0.2, 0.25) is 0 Å². The maximum atomic E-state index is 11.0. The highest BCUT2D eigenvalue weighted by molar-refractivity contribution is 7.85. The van der Waals surface area contributed by atoms with Crippen molar-refractivity contribution in [1.82, 2.24) is 0 Å². The van der Waals surface area contributed by atoms with Gasteiger partial charge >= 0.3 is 0 Å². The van der Waals surface area contributed by atoms with Crippen molar-refractivity contribution in [3.63, 3.8) is 0 Å². The molecule has 0 aromatic heterocycles. The van der Waals surface area contributed by atoms with E-state index < -0.39 is 10.1 Å². The predicted octanol–water partition coefficient (Wildman–Crippen LogP) is 4.94. The molecule has 0 spiro atoms. The minimum atomic E-state index is -4.23. The number of benzene rings is 2. The van der Waals surface area contributed by atoms with Gasteiger partial charge in [0.15, 0.2) is 11.5 Å². The molecule has 0 heterocycles. The first-order chi connectivity index (χ1) is 11.9. The zero-order valence-corrected chi connectivity index (χ0v) is 15.1. The second-order valence-electron chi connectivity index (χ2n) is 5.98. The SMILES string of the molecule is CCCCCCCc1cccc(Oc2ccc(S(=O)(=O)O)cc2)c1O. The van der Waals surface area contributed by atoms with Gasteiger partial charge in [-0.25, -0.2) is 0 Å². The number of aryl methyl sites for hydroxylation is 1. The van der Waals surface area contributed by atoms with E-state index in [1.54, 1.807) is 6.07 Å². The maximum absolute atomic E-state index is 11.0. The molecule has 0 unspecified atom stereocenters. The van der Waals surface area contributed by atoms with E-state index in [9.17, 15) is 13.5 Å². The van der Waals surface area contributed by atoms with Crippen LogP contribution < -0.4 is 4.74 Å². The average Bonchev–Trinajstić information content (AvgIpc) is 2.57. The molecule has 2 N–H and O–H groups in total. The minimum absolute atomic E-state index is 0.108. The normalized spacial score (nSPS) is 11.4. The Morgan fingerprint density at radius 2 is 1.64 bits per heavy atom. The third-order valence-corrected chi connectivity index (χ3v) is 4.85. The number of phenolic OH excluding ortho intramolecular Hbond substituents is 1. The van der Waals surface area contributed by atoms with Crippen molar-refractivity contribution in [2.45, 2.75) is 50.3 Å². The molecule has 0 aliphatic rings. The number of unbranched alkanes of at least 4 members (excludes halogenated alkanes) is 4. The molecule has 2 rings (SSSR count). The third-order valence-electron chi connectivity index (χ3n) is 3.98. The summed E-state index contributed by atoms with van der Waals surface area (Å²) in [6.45, 7) is 2.18. The van der Waals surface area contributed by atoms with Gasteiger partial charge in [-0.2, -0.15) is 8.42 Å². The predicted molar refractivity (Wildman–Crippen MR) is 96.9 cm³/mol. The Bertz CT molecular complexity index is 782. The van der Waals surface area contributed by atoms with E-state index in [4.69, 9.17) is 9.29 Å². The van der Waals surface area contributed by atoms with Crippen LogP contribution in [-0.2, 0) is 16.5 Å². The number of aromatic hydroxyl groups is 1. The van der Waals surface area contributed by atoms with Gasteiger partial charge in [0, 0.05) is 0 Å². The number of hydrogen-bond donors (Lipinski definition) is 2. The van der Waals surface area contributed by atoms with E-state index in [1.165, 1.54) is 43.5 Å². The summed E-state index contributed by atoms with van der Waals surface area (Å²) in [5.41, 5.74) is 0.837. The fourth-order valence-electron chi connectivity index (χ4n) is 2.58. The van der Waals surface area contributed by atoms with Crippen LogP contribution in [0.15, 0.2) is 47.4 Å². The molecule has 0 amide bonds. The lowest BCUT2D eigenvalue weighted by atomic mass is 10.0. The summed E-state index contributed by atoms with van der Waals surface area (Å²) in [5, 5.41) is 10.4. The van der Waals surface area contributed by atoms with Crippen molar-refractivity contribution >= 4 is 10.1 Å². The van der Waals surface area contributed by atoms with Gasteiger partial charge in [0.05, 0.1) is 4.90 Å². The highest BCUT2D eigenvalue weighted by Crippen LogP contribution is 2.34. The summed E-state index contributed by atoms with van der Waals surface area (Å²) in [6, 6.07) is 10.7. The number of phenols is 1. The molecule has 0 saturated carbocycles. The van der Waals surface area contributed by atoms with Crippen LogP contribution in [0.5, 0.6) is 17.2 Å². The Kier molecular flexibility index (Phi) is 6.84. The maximum Gasteiger partial charge on any atom is 0.294 e. The molecule has 0 saturated heterocycles.